The van der Waals surface area contributed by atoms with Crippen molar-refractivity contribution in [3.63, 3.8) is 0 Å². The zero-order chi connectivity index (χ0) is 12.2. The fourth-order valence-corrected chi connectivity index (χ4v) is 3.18. The molecule has 0 amide bonds. The van der Waals surface area contributed by atoms with E-state index in [2.05, 4.69) is 39.5 Å². The largest absolute Gasteiger partial charge is 0.335 e. The molecular weight excluding hydrogens is 242 g/mol. The lowest BCUT2D eigenvalue weighted by Gasteiger charge is -2.14. The van der Waals surface area contributed by atoms with Crippen molar-refractivity contribution in [2.24, 2.45) is 4.99 Å². The van der Waals surface area contributed by atoms with E-state index < -0.39 is 0 Å². The van der Waals surface area contributed by atoms with Gasteiger partial charge in [-0.05, 0) is 43.6 Å². The van der Waals surface area contributed by atoms with Crippen LogP contribution in [0, 0.1) is 0 Å². The summed E-state index contributed by atoms with van der Waals surface area (Å²) in [4.78, 5) is 6.92. The number of aliphatic imine (C=N–C) groups is 1. The Kier molecular flexibility index (Phi) is 3.86. The lowest BCUT2D eigenvalue weighted by molar-refractivity contribution is 0.331. The molecule has 0 aliphatic carbocycles. The number of hydrogen-bond donors (Lipinski definition) is 1. The van der Waals surface area contributed by atoms with Crippen LogP contribution in [0.1, 0.15) is 18.4 Å². The van der Waals surface area contributed by atoms with Crippen molar-refractivity contribution in [2.75, 3.05) is 30.7 Å². The average Bonchev–Trinajstić information content (AvgIpc) is 3.05. The van der Waals surface area contributed by atoms with Crippen molar-refractivity contribution in [1.82, 2.24) is 4.90 Å². The van der Waals surface area contributed by atoms with Crippen LogP contribution >= 0.6 is 11.8 Å². The van der Waals surface area contributed by atoms with Crippen LogP contribution in [0.15, 0.2) is 29.3 Å². The van der Waals surface area contributed by atoms with E-state index in [1.165, 1.54) is 31.5 Å². The van der Waals surface area contributed by atoms with E-state index >= 15 is 0 Å². The quantitative estimate of drug-likeness (QED) is 0.906. The SMILES string of the molecule is c1cc(NC2=NCCS2)ccc1CN1CCCC1. The second kappa shape index (κ2) is 5.76. The first-order chi connectivity index (χ1) is 8.90. The number of likely N-dealkylation sites (tertiary alicyclic amines) is 1. The number of nitrogens with one attached hydrogen (secondary N) is 1. The monoisotopic (exact) mass is 261 g/mol. The second-order valence-corrected chi connectivity index (χ2v) is 5.92. The van der Waals surface area contributed by atoms with Gasteiger partial charge >= 0.3 is 0 Å². The third kappa shape index (κ3) is 3.06. The van der Waals surface area contributed by atoms with Crippen molar-refractivity contribution in [3.05, 3.63) is 29.8 Å². The number of nitrogens with zero attached hydrogens (tertiary/aromatic N) is 2. The van der Waals surface area contributed by atoms with Crippen molar-refractivity contribution < 1.29 is 0 Å². The Hall–Kier alpha value is -1.00. The normalized spacial score (nSPS) is 20.1. The van der Waals surface area contributed by atoms with Gasteiger partial charge in [0.2, 0.25) is 0 Å². The van der Waals surface area contributed by atoms with Crippen molar-refractivity contribution >= 4 is 22.6 Å². The smallest absolute Gasteiger partial charge is 0.161 e. The first-order valence-corrected chi connectivity index (χ1v) is 7.64. The first kappa shape index (κ1) is 12.1. The van der Waals surface area contributed by atoms with Gasteiger partial charge in [0, 0.05) is 18.0 Å². The third-order valence-corrected chi connectivity index (χ3v) is 4.29. The molecule has 1 N–H and O–H groups in total. The summed E-state index contributed by atoms with van der Waals surface area (Å²) in [5, 5.41) is 4.42. The third-order valence-electron chi connectivity index (χ3n) is 3.40. The van der Waals surface area contributed by atoms with Crippen LogP contribution < -0.4 is 5.32 Å². The summed E-state index contributed by atoms with van der Waals surface area (Å²) < 4.78 is 0. The topological polar surface area (TPSA) is 27.6 Å². The van der Waals surface area contributed by atoms with Crippen molar-refractivity contribution in [3.8, 4) is 0 Å². The Morgan fingerprint density at radius 2 is 1.94 bits per heavy atom. The van der Waals surface area contributed by atoms with Crippen molar-refractivity contribution in [1.29, 1.82) is 0 Å². The van der Waals surface area contributed by atoms with Gasteiger partial charge in [0.05, 0.1) is 6.54 Å². The minimum absolute atomic E-state index is 0.944. The molecule has 3 nitrogen and oxygen atoms in total. The van der Waals surface area contributed by atoms with Gasteiger partial charge in [0.15, 0.2) is 5.17 Å². The molecular formula is C14H19N3S. The fourth-order valence-electron chi connectivity index (χ4n) is 2.43. The molecule has 4 heteroatoms. The number of amidine groups is 1. The highest BCUT2D eigenvalue weighted by Crippen LogP contribution is 2.18. The maximum absolute atomic E-state index is 4.40. The molecule has 18 heavy (non-hydrogen) atoms. The zero-order valence-electron chi connectivity index (χ0n) is 10.6. The Morgan fingerprint density at radius 3 is 2.61 bits per heavy atom. The van der Waals surface area contributed by atoms with Gasteiger partial charge in [0.25, 0.3) is 0 Å². The predicted octanol–water partition coefficient (Wildman–Crippen LogP) is 2.80. The molecule has 0 unspecified atom stereocenters. The maximum Gasteiger partial charge on any atom is 0.161 e. The number of rotatable bonds is 3. The molecule has 1 aromatic carbocycles. The van der Waals surface area contributed by atoms with E-state index in [1.54, 1.807) is 11.8 Å². The molecule has 0 bridgehead atoms. The summed E-state index contributed by atoms with van der Waals surface area (Å²) in [5.74, 6) is 1.11. The lowest BCUT2D eigenvalue weighted by Crippen LogP contribution is -2.18. The number of hydrogen-bond acceptors (Lipinski definition) is 4. The van der Waals surface area contributed by atoms with Crippen LogP contribution in [0.25, 0.3) is 0 Å². The van der Waals surface area contributed by atoms with Gasteiger partial charge in [-0.3, -0.25) is 9.89 Å². The molecule has 2 aliphatic rings. The van der Waals surface area contributed by atoms with Crippen LogP contribution in [-0.2, 0) is 6.54 Å². The van der Waals surface area contributed by atoms with E-state index in [-0.39, 0.29) is 0 Å². The summed E-state index contributed by atoms with van der Waals surface area (Å²) in [6.45, 7) is 4.55. The molecule has 0 radical (unpaired) electrons. The van der Waals surface area contributed by atoms with Crippen LogP contribution in [0.5, 0.6) is 0 Å². The Bertz CT molecular complexity index is 421. The molecule has 1 aromatic rings. The van der Waals surface area contributed by atoms with Gasteiger partial charge < -0.3 is 5.32 Å². The first-order valence-electron chi connectivity index (χ1n) is 6.66. The Labute approximate surface area is 113 Å². The molecule has 2 heterocycles. The van der Waals surface area contributed by atoms with Crippen LogP contribution in [0.3, 0.4) is 0 Å². The van der Waals surface area contributed by atoms with E-state index in [0.29, 0.717) is 0 Å². The number of benzene rings is 1. The fraction of sp³-hybridized carbons (Fsp3) is 0.500. The zero-order valence-corrected chi connectivity index (χ0v) is 11.4. The second-order valence-electron chi connectivity index (χ2n) is 4.84. The van der Waals surface area contributed by atoms with E-state index in [0.717, 1.165) is 29.7 Å². The molecule has 0 spiro atoms. The van der Waals surface area contributed by atoms with Crippen LogP contribution in [-0.4, -0.2) is 35.5 Å². The predicted molar refractivity (Wildman–Crippen MR) is 79.3 cm³/mol. The van der Waals surface area contributed by atoms with Gasteiger partial charge in [-0.2, -0.15) is 0 Å². The Morgan fingerprint density at radius 1 is 1.17 bits per heavy atom. The Balaban J connectivity index is 1.57. The molecule has 1 saturated heterocycles. The molecule has 0 saturated carbocycles. The number of thioether (sulfide) groups is 1. The summed E-state index contributed by atoms with van der Waals surface area (Å²) in [7, 11) is 0. The van der Waals surface area contributed by atoms with Gasteiger partial charge in [-0.15, -0.1) is 0 Å². The van der Waals surface area contributed by atoms with Crippen molar-refractivity contribution in [2.45, 2.75) is 19.4 Å². The summed E-state index contributed by atoms with van der Waals surface area (Å²) in [6, 6.07) is 8.77. The summed E-state index contributed by atoms with van der Waals surface area (Å²) in [5.41, 5.74) is 2.55. The standard InChI is InChI=1S/C14H19N3S/c1-2-9-17(8-1)11-12-3-5-13(6-4-12)16-14-15-7-10-18-14/h3-6H,1-2,7-11H2,(H,15,16). The number of anilines is 1. The van der Waals surface area contributed by atoms with E-state index in [1.807, 2.05) is 0 Å². The van der Waals surface area contributed by atoms with Crippen LogP contribution in [0.2, 0.25) is 0 Å². The van der Waals surface area contributed by atoms with Crippen LogP contribution in [0.4, 0.5) is 5.69 Å². The average molecular weight is 261 g/mol. The molecule has 0 atom stereocenters. The molecule has 3 rings (SSSR count). The minimum atomic E-state index is 0.944. The van der Waals surface area contributed by atoms with Gasteiger partial charge in [-0.1, -0.05) is 23.9 Å². The molecule has 96 valence electrons. The molecule has 1 fully saturated rings. The lowest BCUT2D eigenvalue weighted by atomic mass is 10.2. The highest BCUT2D eigenvalue weighted by molar-refractivity contribution is 8.14. The summed E-state index contributed by atoms with van der Waals surface area (Å²) >= 11 is 1.80. The van der Waals surface area contributed by atoms with Gasteiger partial charge in [0.1, 0.15) is 0 Å². The van der Waals surface area contributed by atoms with E-state index in [4.69, 9.17) is 0 Å². The maximum atomic E-state index is 4.40. The van der Waals surface area contributed by atoms with Gasteiger partial charge in [-0.25, -0.2) is 0 Å². The minimum Gasteiger partial charge on any atom is -0.335 e. The molecule has 2 aliphatic heterocycles. The highest BCUT2D eigenvalue weighted by Gasteiger charge is 2.11. The molecule has 0 aromatic heterocycles. The van der Waals surface area contributed by atoms with E-state index in [9.17, 15) is 0 Å². The summed E-state index contributed by atoms with van der Waals surface area (Å²) in [6.07, 6.45) is 2.72. The highest BCUT2D eigenvalue weighted by atomic mass is 32.2.